The van der Waals surface area contributed by atoms with Crippen LogP contribution in [0.3, 0.4) is 0 Å². The van der Waals surface area contributed by atoms with Crippen molar-refractivity contribution in [2.45, 2.75) is 31.9 Å². The van der Waals surface area contributed by atoms with Crippen LogP contribution < -0.4 is 9.46 Å². The summed E-state index contributed by atoms with van der Waals surface area (Å²) in [5.41, 5.74) is 1.80. The molecule has 2 aromatic rings. The second-order valence-corrected chi connectivity index (χ2v) is 6.73. The maximum atomic E-state index is 12.4. The zero-order valence-corrected chi connectivity index (χ0v) is 13.9. The predicted molar refractivity (Wildman–Crippen MR) is 86.5 cm³/mol. The zero-order valence-electron chi connectivity index (χ0n) is 13.1. The lowest BCUT2D eigenvalue weighted by Gasteiger charge is -2.11. The quantitative estimate of drug-likeness (QED) is 0.804. The number of benzene rings is 1. The van der Waals surface area contributed by atoms with Crippen molar-refractivity contribution in [3.8, 4) is 5.75 Å². The molecule has 2 rings (SSSR count). The molecular weight excluding hydrogens is 316 g/mol. The molecule has 0 saturated carbocycles. The van der Waals surface area contributed by atoms with E-state index in [9.17, 15) is 8.42 Å². The van der Waals surface area contributed by atoms with E-state index in [1.165, 1.54) is 6.07 Å². The summed E-state index contributed by atoms with van der Waals surface area (Å²) in [7, 11) is -3.64. The number of nitrogens with one attached hydrogen (secondary N) is 1. The Labute approximate surface area is 136 Å². The Morgan fingerprint density at radius 1 is 1.22 bits per heavy atom. The lowest BCUT2D eigenvalue weighted by Crippen LogP contribution is -2.24. The van der Waals surface area contributed by atoms with Gasteiger partial charge in [-0.05, 0) is 49.7 Å². The van der Waals surface area contributed by atoms with Crippen LogP contribution in [0.4, 0.5) is 0 Å². The number of aliphatic hydroxyl groups is 1. The monoisotopic (exact) mass is 336 g/mol. The topological polar surface area (TPSA) is 88.5 Å². The van der Waals surface area contributed by atoms with Crippen molar-refractivity contribution >= 4 is 10.0 Å². The van der Waals surface area contributed by atoms with Gasteiger partial charge in [0.1, 0.15) is 5.75 Å². The maximum Gasteiger partial charge on any atom is 0.240 e. The highest BCUT2D eigenvalue weighted by Crippen LogP contribution is 2.21. The fourth-order valence-corrected chi connectivity index (χ4v) is 3.16. The summed E-state index contributed by atoms with van der Waals surface area (Å²) in [6, 6.07) is 9.84. The van der Waals surface area contributed by atoms with Gasteiger partial charge in [0.25, 0.3) is 0 Å². The minimum absolute atomic E-state index is 0.0580. The third kappa shape index (κ3) is 4.51. The SMILES string of the molecule is CCOc1ccc(S(=O)(=O)NCc2cccc(CO)n2)cc1C. The fourth-order valence-electron chi connectivity index (χ4n) is 2.07. The maximum absolute atomic E-state index is 12.4. The summed E-state index contributed by atoms with van der Waals surface area (Å²) in [6.07, 6.45) is 0. The summed E-state index contributed by atoms with van der Waals surface area (Å²) < 4.78 is 32.6. The van der Waals surface area contributed by atoms with Gasteiger partial charge < -0.3 is 9.84 Å². The molecule has 0 radical (unpaired) electrons. The molecule has 2 N–H and O–H groups in total. The molecule has 0 bridgehead atoms. The van der Waals surface area contributed by atoms with Crippen LogP contribution in [0.1, 0.15) is 23.9 Å². The number of aryl methyl sites for hydroxylation is 1. The number of rotatable bonds is 7. The number of ether oxygens (including phenoxy) is 1. The Morgan fingerprint density at radius 2 is 1.96 bits per heavy atom. The van der Waals surface area contributed by atoms with E-state index >= 15 is 0 Å². The molecule has 0 saturated heterocycles. The molecular formula is C16H20N2O4S. The molecule has 0 aliphatic rings. The molecule has 0 atom stereocenters. The second-order valence-electron chi connectivity index (χ2n) is 4.96. The molecule has 6 nitrogen and oxygen atoms in total. The van der Waals surface area contributed by atoms with E-state index in [-0.39, 0.29) is 18.0 Å². The average molecular weight is 336 g/mol. The van der Waals surface area contributed by atoms with E-state index in [0.717, 1.165) is 5.56 Å². The first-order valence-corrected chi connectivity index (χ1v) is 8.73. The third-order valence-electron chi connectivity index (χ3n) is 3.23. The molecule has 1 aromatic heterocycles. The van der Waals surface area contributed by atoms with Gasteiger partial charge in [0.15, 0.2) is 0 Å². The van der Waals surface area contributed by atoms with Crippen LogP contribution in [0.25, 0.3) is 0 Å². The fraction of sp³-hybridized carbons (Fsp3) is 0.312. The van der Waals surface area contributed by atoms with Crippen LogP contribution in [-0.4, -0.2) is 25.1 Å². The predicted octanol–water partition coefficient (Wildman–Crippen LogP) is 1.76. The molecule has 7 heteroatoms. The third-order valence-corrected chi connectivity index (χ3v) is 4.63. The van der Waals surface area contributed by atoms with Crippen molar-refractivity contribution in [1.29, 1.82) is 0 Å². The average Bonchev–Trinajstić information content (AvgIpc) is 2.55. The van der Waals surface area contributed by atoms with Gasteiger partial charge in [0.05, 0.1) is 36.0 Å². The van der Waals surface area contributed by atoms with Gasteiger partial charge >= 0.3 is 0 Å². The number of hydrogen-bond donors (Lipinski definition) is 2. The molecule has 124 valence electrons. The van der Waals surface area contributed by atoms with Gasteiger partial charge in [0, 0.05) is 0 Å². The highest BCUT2D eigenvalue weighted by molar-refractivity contribution is 7.89. The first kappa shape index (κ1) is 17.4. The summed E-state index contributed by atoms with van der Waals surface area (Å²) >= 11 is 0. The Balaban J connectivity index is 2.13. The molecule has 0 spiro atoms. The van der Waals surface area contributed by atoms with E-state index in [1.807, 2.05) is 6.92 Å². The van der Waals surface area contributed by atoms with E-state index in [1.54, 1.807) is 37.3 Å². The van der Waals surface area contributed by atoms with Gasteiger partial charge in [-0.2, -0.15) is 0 Å². The van der Waals surface area contributed by atoms with Crippen LogP contribution in [0.2, 0.25) is 0 Å². The number of sulfonamides is 1. The number of pyridine rings is 1. The molecule has 0 fully saturated rings. The zero-order chi connectivity index (χ0) is 16.9. The van der Waals surface area contributed by atoms with Gasteiger partial charge in [-0.1, -0.05) is 6.07 Å². The smallest absolute Gasteiger partial charge is 0.240 e. The standard InChI is InChI=1S/C16H20N2O4S/c1-3-22-16-8-7-15(9-12(16)2)23(20,21)17-10-13-5-4-6-14(11-19)18-13/h4-9,17,19H,3,10-11H2,1-2H3. The van der Waals surface area contributed by atoms with Crippen LogP contribution in [0.15, 0.2) is 41.3 Å². The van der Waals surface area contributed by atoms with Crippen molar-refractivity contribution in [1.82, 2.24) is 9.71 Å². The van der Waals surface area contributed by atoms with Crippen LogP contribution >= 0.6 is 0 Å². The highest BCUT2D eigenvalue weighted by atomic mass is 32.2. The lowest BCUT2D eigenvalue weighted by atomic mass is 10.2. The van der Waals surface area contributed by atoms with Gasteiger partial charge in [0.2, 0.25) is 10.0 Å². The number of aliphatic hydroxyl groups excluding tert-OH is 1. The van der Waals surface area contributed by atoms with Crippen molar-refractivity contribution in [2.75, 3.05) is 6.61 Å². The summed E-state index contributed by atoms with van der Waals surface area (Å²) in [6.45, 7) is 4.08. The first-order valence-electron chi connectivity index (χ1n) is 7.25. The first-order chi connectivity index (χ1) is 11.0. The minimum Gasteiger partial charge on any atom is -0.494 e. The van der Waals surface area contributed by atoms with E-state index in [0.29, 0.717) is 23.7 Å². The van der Waals surface area contributed by atoms with E-state index in [2.05, 4.69) is 9.71 Å². The van der Waals surface area contributed by atoms with Crippen LogP contribution in [0, 0.1) is 6.92 Å². The van der Waals surface area contributed by atoms with Crippen molar-refractivity contribution in [3.05, 3.63) is 53.3 Å². The summed E-state index contributed by atoms with van der Waals surface area (Å²) in [5.74, 6) is 0.670. The highest BCUT2D eigenvalue weighted by Gasteiger charge is 2.15. The molecule has 1 aromatic carbocycles. The number of nitrogens with zero attached hydrogens (tertiary/aromatic N) is 1. The summed E-state index contributed by atoms with van der Waals surface area (Å²) in [5, 5.41) is 9.06. The van der Waals surface area contributed by atoms with Crippen LogP contribution in [-0.2, 0) is 23.2 Å². The Hall–Kier alpha value is -1.96. The molecule has 1 heterocycles. The van der Waals surface area contributed by atoms with Gasteiger partial charge in [-0.25, -0.2) is 13.1 Å². The number of hydrogen-bond acceptors (Lipinski definition) is 5. The van der Waals surface area contributed by atoms with Crippen molar-refractivity contribution in [2.24, 2.45) is 0 Å². The van der Waals surface area contributed by atoms with Gasteiger partial charge in [-0.15, -0.1) is 0 Å². The largest absolute Gasteiger partial charge is 0.494 e. The van der Waals surface area contributed by atoms with Crippen LogP contribution in [0.5, 0.6) is 5.75 Å². The molecule has 0 aliphatic carbocycles. The van der Waals surface area contributed by atoms with E-state index in [4.69, 9.17) is 9.84 Å². The van der Waals surface area contributed by atoms with E-state index < -0.39 is 10.0 Å². The van der Waals surface area contributed by atoms with Crippen molar-refractivity contribution < 1.29 is 18.3 Å². The number of aromatic nitrogens is 1. The van der Waals surface area contributed by atoms with Gasteiger partial charge in [-0.3, -0.25) is 4.98 Å². The molecule has 0 amide bonds. The molecule has 0 aliphatic heterocycles. The molecule has 0 unspecified atom stereocenters. The normalized spacial score (nSPS) is 11.4. The van der Waals surface area contributed by atoms with Crippen molar-refractivity contribution in [3.63, 3.8) is 0 Å². The Morgan fingerprint density at radius 3 is 2.61 bits per heavy atom. The summed E-state index contributed by atoms with van der Waals surface area (Å²) in [4.78, 5) is 4.32. The second kappa shape index (κ2) is 7.54. The Kier molecular flexibility index (Phi) is 5.70. The Bertz CT molecular complexity index is 775. The lowest BCUT2D eigenvalue weighted by molar-refractivity contribution is 0.276. The molecule has 23 heavy (non-hydrogen) atoms. The minimum atomic E-state index is -3.64.